The van der Waals surface area contributed by atoms with E-state index in [1.807, 2.05) is 50.4 Å². The van der Waals surface area contributed by atoms with Gasteiger partial charge in [0.15, 0.2) is 0 Å². The van der Waals surface area contributed by atoms with Crippen molar-refractivity contribution < 1.29 is 4.79 Å². The first-order valence-corrected chi connectivity index (χ1v) is 8.99. The van der Waals surface area contributed by atoms with Gasteiger partial charge in [-0.15, -0.1) is 0 Å². The second-order valence-electron chi connectivity index (χ2n) is 6.84. The molecule has 0 aliphatic heterocycles. The van der Waals surface area contributed by atoms with Crippen molar-refractivity contribution in [1.29, 1.82) is 0 Å². The Morgan fingerprint density at radius 3 is 2.73 bits per heavy atom. The molecule has 1 aromatic carbocycles. The lowest BCUT2D eigenvalue weighted by atomic mass is 10.1. The predicted octanol–water partition coefficient (Wildman–Crippen LogP) is 3.85. The van der Waals surface area contributed by atoms with Crippen molar-refractivity contribution in [2.45, 2.75) is 46.7 Å². The van der Waals surface area contributed by atoms with Crippen LogP contribution in [-0.4, -0.2) is 15.5 Å². The molecule has 1 atom stereocenters. The Morgan fingerprint density at radius 2 is 2.04 bits per heavy atom. The van der Waals surface area contributed by atoms with Crippen molar-refractivity contribution in [1.82, 2.24) is 14.9 Å². The maximum Gasteiger partial charge on any atom is 0.253 e. The number of rotatable bonds is 5. The minimum absolute atomic E-state index is 0.149. The molecular formula is C21H25N3O2. The van der Waals surface area contributed by atoms with Crippen molar-refractivity contribution in [2.75, 3.05) is 0 Å². The number of carbonyl (C=O) groups is 1. The second kappa shape index (κ2) is 7.20. The Hall–Kier alpha value is -2.82. The zero-order valence-electron chi connectivity index (χ0n) is 15.7. The number of pyridine rings is 1. The van der Waals surface area contributed by atoms with E-state index in [4.69, 9.17) is 0 Å². The van der Waals surface area contributed by atoms with Crippen LogP contribution in [0.25, 0.3) is 10.9 Å². The molecule has 0 aliphatic carbocycles. The van der Waals surface area contributed by atoms with E-state index >= 15 is 0 Å². The summed E-state index contributed by atoms with van der Waals surface area (Å²) in [6.07, 6.45) is 3.06. The van der Waals surface area contributed by atoms with Crippen molar-refractivity contribution in [3.63, 3.8) is 0 Å². The van der Waals surface area contributed by atoms with Crippen LogP contribution in [0.1, 0.15) is 53.5 Å². The Morgan fingerprint density at radius 1 is 1.27 bits per heavy atom. The topological polar surface area (TPSA) is 66.9 Å². The molecule has 5 heteroatoms. The third-order valence-electron chi connectivity index (χ3n) is 4.99. The number of nitrogens with zero attached hydrogens (tertiary/aromatic N) is 1. The summed E-state index contributed by atoms with van der Waals surface area (Å²) in [5.74, 6) is -0.170. The maximum absolute atomic E-state index is 12.7. The van der Waals surface area contributed by atoms with Crippen LogP contribution >= 0.6 is 0 Å². The van der Waals surface area contributed by atoms with E-state index in [-0.39, 0.29) is 18.0 Å². The highest BCUT2D eigenvalue weighted by atomic mass is 16.1. The van der Waals surface area contributed by atoms with Gasteiger partial charge in [-0.1, -0.05) is 13.0 Å². The molecule has 0 spiro atoms. The average Bonchev–Trinajstić information content (AvgIpc) is 3.04. The van der Waals surface area contributed by atoms with Crippen LogP contribution in [0.15, 0.2) is 41.3 Å². The summed E-state index contributed by atoms with van der Waals surface area (Å²) in [6.45, 7) is 8.26. The first-order chi connectivity index (χ1) is 12.4. The number of H-pyrrole nitrogens is 1. The second-order valence-corrected chi connectivity index (χ2v) is 6.84. The molecule has 0 fully saturated rings. The maximum atomic E-state index is 12.7. The Balaban J connectivity index is 1.87. The van der Waals surface area contributed by atoms with E-state index in [0.29, 0.717) is 17.2 Å². The minimum Gasteiger partial charge on any atom is -0.348 e. The van der Waals surface area contributed by atoms with Crippen molar-refractivity contribution in [3.05, 3.63) is 69.3 Å². The fourth-order valence-corrected chi connectivity index (χ4v) is 3.33. The van der Waals surface area contributed by atoms with Crippen LogP contribution in [0, 0.1) is 13.8 Å². The number of hydrogen-bond acceptors (Lipinski definition) is 2. The average molecular weight is 351 g/mol. The molecule has 0 aliphatic rings. The first-order valence-electron chi connectivity index (χ1n) is 8.99. The lowest BCUT2D eigenvalue weighted by Crippen LogP contribution is -2.28. The van der Waals surface area contributed by atoms with Crippen LogP contribution < -0.4 is 10.9 Å². The fourth-order valence-electron chi connectivity index (χ4n) is 3.33. The molecule has 2 N–H and O–H groups in total. The molecule has 0 saturated carbocycles. The molecule has 0 radical (unpaired) electrons. The van der Waals surface area contributed by atoms with E-state index in [1.54, 1.807) is 0 Å². The van der Waals surface area contributed by atoms with Gasteiger partial charge in [-0.2, -0.15) is 0 Å². The molecule has 3 rings (SSSR count). The summed E-state index contributed by atoms with van der Waals surface area (Å²) in [5.41, 5.74) is 3.82. The molecule has 26 heavy (non-hydrogen) atoms. The summed E-state index contributed by atoms with van der Waals surface area (Å²) < 4.78 is 2.20. The van der Waals surface area contributed by atoms with Gasteiger partial charge in [0.2, 0.25) is 0 Å². The van der Waals surface area contributed by atoms with Crippen molar-refractivity contribution >= 4 is 16.8 Å². The minimum atomic E-state index is -0.170. The molecule has 2 heterocycles. The van der Waals surface area contributed by atoms with Gasteiger partial charge < -0.3 is 14.9 Å². The highest BCUT2D eigenvalue weighted by Gasteiger charge is 2.15. The van der Waals surface area contributed by atoms with Crippen LogP contribution in [0.5, 0.6) is 0 Å². The van der Waals surface area contributed by atoms with E-state index in [2.05, 4.69) is 28.7 Å². The van der Waals surface area contributed by atoms with Crippen LogP contribution in [0.2, 0.25) is 0 Å². The van der Waals surface area contributed by atoms with Gasteiger partial charge in [0.05, 0.1) is 0 Å². The van der Waals surface area contributed by atoms with Gasteiger partial charge in [-0.3, -0.25) is 9.59 Å². The van der Waals surface area contributed by atoms with Gasteiger partial charge in [0, 0.05) is 46.5 Å². The van der Waals surface area contributed by atoms with Crippen LogP contribution in [-0.2, 0) is 6.54 Å². The molecule has 1 unspecified atom stereocenters. The number of nitrogens with one attached hydrogen (secondary N) is 2. The van der Waals surface area contributed by atoms with Gasteiger partial charge in [-0.05, 0) is 57.0 Å². The summed E-state index contributed by atoms with van der Waals surface area (Å²) in [4.78, 5) is 27.6. The standard InChI is InChI=1S/C21H25N3O2/c1-5-15(4)24-10-9-16-17(7-6-8-19(16)24)20(25)22-12-18-13(2)11-14(3)23-21(18)26/h6-11,15H,5,12H2,1-4H3,(H,22,25)(H,23,26). The van der Waals surface area contributed by atoms with Gasteiger partial charge in [-0.25, -0.2) is 0 Å². The molecule has 0 saturated heterocycles. The quantitative estimate of drug-likeness (QED) is 0.733. The lowest BCUT2D eigenvalue weighted by molar-refractivity contribution is 0.0952. The largest absolute Gasteiger partial charge is 0.348 e. The smallest absolute Gasteiger partial charge is 0.253 e. The van der Waals surface area contributed by atoms with Crippen LogP contribution in [0.4, 0.5) is 0 Å². The van der Waals surface area contributed by atoms with Crippen molar-refractivity contribution in [2.24, 2.45) is 0 Å². The zero-order chi connectivity index (χ0) is 18.8. The summed E-state index contributed by atoms with van der Waals surface area (Å²) >= 11 is 0. The molecule has 3 aromatic rings. The third-order valence-corrected chi connectivity index (χ3v) is 4.99. The molecular weight excluding hydrogens is 326 g/mol. The zero-order valence-corrected chi connectivity index (χ0v) is 15.7. The summed E-state index contributed by atoms with van der Waals surface area (Å²) in [7, 11) is 0. The highest BCUT2D eigenvalue weighted by Crippen LogP contribution is 2.24. The SMILES string of the molecule is CCC(C)n1ccc2c(C(=O)NCc3c(C)cc(C)[nH]c3=O)cccc21. The highest BCUT2D eigenvalue weighted by molar-refractivity contribution is 6.06. The number of amides is 1. The van der Waals surface area contributed by atoms with Gasteiger partial charge >= 0.3 is 0 Å². The van der Waals surface area contributed by atoms with E-state index in [1.165, 1.54) is 0 Å². The summed E-state index contributed by atoms with van der Waals surface area (Å²) in [6, 6.07) is 10.0. The molecule has 136 valence electrons. The fraction of sp³-hybridized carbons (Fsp3) is 0.333. The third kappa shape index (κ3) is 3.29. The van der Waals surface area contributed by atoms with Crippen molar-refractivity contribution in [3.8, 4) is 0 Å². The van der Waals surface area contributed by atoms with E-state index in [0.717, 1.165) is 28.6 Å². The molecule has 1 amide bonds. The van der Waals surface area contributed by atoms with E-state index in [9.17, 15) is 9.59 Å². The summed E-state index contributed by atoms with van der Waals surface area (Å²) in [5, 5.41) is 3.82. The lowest BCUT2D eigenvalue weighted by Gasteiger charge is -2.13. The number of aryl methyl sites for hydroxylation is 2. The number of aromatic nitrogens is 2. The number of hydrogen-bond donors (Lipinski definition) is 2. The normalized spacial score (nSPS) is 12.3. The predicted molar refractivity (Wildman–Crippen MR) is 105 cm³/mol. The molecule has 5 nitrogen and oxygen atoms in total. The number of aromatic amines is 1. The Labute approximate surface area is 153 Å². The Kier molecular flexibility index (Phi) is 4.98. The van der Waals surface area contributed by atoms with E-state index < -0.39 is 0 Å². The van der Waals surface area contributed by atoms with Gasteiger partial charge in [0.25, 0.3) is 11.5 Å². The van der Waals surface area contributed by atoms with Gasteiger partial charge in [0.1, 0.15) is 0 Å². The number of fused-ring (bicyclic) bond motifs is 1. The number of benzene rings is 1. The molecule has 0 bridgehead atoms. The first kappa shape index (κ1) is 18.0. The Bertz CT molecular complexity index is 1010. The molecule has 2 aromatic heterocycles. The number of carbonyl (C=O) groups excluding carboxylic acids is 1. The monoisotopic (exact) mass is 351 g/mol. The van der Waals surface area contributed by atoms with Crippen LogP contribution in [0.3, 0.4) is 0 Å².